The molecule has 0 aliphatic heterocycles. The maximum atomic E-state index is 12.6. The van der Waals surface area contributed by atoms with Gasteiger partial charge in [0.05, 0.1) is 28.7 Å². The van der Waals surface area contributed by atoms with Crippen LogP contribution in [0.4, 0.5) is 10.8 Å². The minimum atomic E-state index is -0.307. The van der Waals surface area contributed by atoms with Crippen LogP contribution in [0.2, 0.25) is 5.02 Å². The smallest absolute Gasteiger partial charge is 0.271 e. The average molecular weight is 661 g/mol. The number of nitrogens with one attached hydrogen (secondary N) is 2. The van der Waals surface area contributed by atoms with E-state index in [1.165, 1.54) is 11.3 Å². The number of anilines is 2. The van der Waals surface area contributed by atoms with Gasteiger partial charge in [0.25, 0.3) is 5.91 Å². The molecule has 0 fully saturated rings. The van der Waals surface area contributed by atoms with Crippen molar-refractivity contribution >= 4 is 68.5 Å². The van der Waals surface area contributed by atoms with Gasteiger partial charge in [0.2, 0.25) is 0 Å². The van der Waals surface area contributed by atoms with Crippen LogP contribution in [0.15, 0.2) is 71.1 Å². The molecular formula is C28H26ClIN4O3S. The lowest BCUT2D eigenvalue weighted by molar-refractivity contribution is 0.0955. The Kier molecular flexibility index (Phi) is 9.97. The number of amides is 1. The van der Waals surface area contributed by atoms with Crippen LogP contribution in [0, 0.1) is 3.57 Å². The number of nitrogens with zero attached hydrogens (tertiary/aromatic N) is 2. The van der Waals surface area contributed by atoms with Gasteiger partial charge in [-0.25, -0.2) is 10.4 Å². The predicted molar refractivity (Wildman–Crippen MR) is 163 cm³/mol. The van der Waals surface area contributed by atoms with Crippen molar-refractivity contribution < 1.29 is 14.3 Å². The molecule has 0 unspecified atom stereocenters. The molecular weight excluding hydrogens is 635 g/mol. The standard InChI is InChI=1S/C28H26ClIN4O3S/c1-3-13-37-26-23(30)14-18(15-25(26)36-4-2)16-31-34-27(35)20-7-5-19(6-8-20)24-17-38-28(33-24)32-22-11-9-21(29)10-12-22/h5-12,14-17H,3-4,13H2,1-2H3,(H,32,33)(H,34,35)/b31-16-. The summed E-state index contributed by atoms with van der Waals surface area (Å²) in [6, 6.07) is 18.5. The molecule has 0 radical (unpaired) electrons. The Morgan fingerprint density at radius 1 is 1.11 bits per heavy atom. The number of aromatic nitrogens is 1. The molecule has 1 amide bonds. The summed E-state index contributed by atoms with van der Waals surface area (Å²) in [5.41, 5.74) is 6.52. The molecule has 10 heteroatoms. The Labute approximate surface area is 244 Å². The highest BCUT2D eigenvalue weighted by Gasteiger charge is 2.12. The highest BCUT2D eigenvalue weighted by Crippen LogP contribution is 2.34. The Morgan fingerprint density at radius 3 is 2.58 bits per heavy atom. The molecule has 0 aliphatic rings. The van der Waals surface area contributed by atoms with Gasteiger partial charge in [-0.15, -0.1) is 11.3 Å². The van der Waals surface area contributed by atoms with Crippen molar-refractivity contribution in [2.24, 2.45) is 5.10 Å². The second-order valence-corrected chi connectivity index (χ2v) is 10.5. The van der Waals surface area contributed by atoms with E-state index in [1.54, 1.807) is 18.3 Å². The highest BCUT2D eigenvalue weighted by atomic mass is 127. The third-order valence-electron chi connectivity index (χ3n) is 5.20. The van der Waals surface area contributed by atoms with Crippen molar-refractivity contribution in [3.05, 3.63) is 85.8 Å². The monoisotopic (exact) mass is 660 g/mol. The van der Waals surface area contributed by atoms with Crippen molar-refractivity contribution in [1.29, 1.82) is 0 Å². The Hall–Kier alpha value is -3.15. The molecule has 38 heavy (non-hydrogen) atoms. The highest BCUT2D eigenvalue weighted by molar-refractivity contribution is 14.1. The zero-order chi connectivity index (χ0) is 26.9. The van der Waals surface area contributed by atoms with Gasteiger partial charge in [0, 0.05) is 27.2 Å². The quantitative estimate of drug-likeness (QED) is 0.0976. The molecule has 4 rings (SSSR count). The Balaban J connectivity index is 1.37. The van der Waals surface area contributed by atoms with Crippen LogP contribution in [0.1, 0.15) is 36.2 Å². The fraction of sp³-hybridized carbons (Fsp3) is 0.179. The fourth-order valence-electron chi connectivity index (χ4n) is 3.41. The second kappa shape index (κ2) is 13.6. The van der Waals surface area contributed by atoms with Gasteiger partial charge in [-0.05, 0) is 90.0 Å². The van der Waals surface area contributed by atoms with Crippen molar-refractivity contribution in [1.82, 2.24) is 10.4 Å². The van der Waals surface area contributed by atoms with Gasteiger partial charge in [-0.3, -0.25) is 4.79 Å². The first-order chi connectivity index (χ1) is 18.5. The number of carbonyl (C=O) groups is 1. The molecule has 0 saturated carbocycles. The Bertz CT molecular complexity index is 1410. The molecule has 4 aromatic rings. The summed E-state index contributed by atoms with van der Waals surface area (Å²) in [5, 5.41) is 10.8. The molecule has 0 aliphatic carbocycles. The maximum Gasteiger partial charge on any atom is 0.271 e. The number of hydrazone groups is 1. The lowest BCUT2D eigenvalue weighted by Crippen LogP contribution is -2.17. The van der Waals surface area contributed by atoms with E-state index in [0.29, 0.717) is 29.5 Å². The molecule has 2 N–H and O–H groups in total. The zero-order valence-corrected chi connectivity index (χ0v) is 24.6. The number of benzene rings is 3. The molecule has 1 heterocycles. The minimum Gasteiger partial charge on any atom is -0.490 e. The number of thiazole rings is 1. The third-order valence-corrected chi connectivity index (χ3v) is 7.02. The lowest BCUT2D eigenvalue weighted by Gasteiger charge is -2.14. The van der Waals surface area contributed by atoms with Crippen LogP contribution in [0.25, 0.3) is 11.3 Å². The third kappa shape index (κ3) is 7.46. The zero-order valence-electron chi connectivity index (χ0n) is 20.8. The fourth-order valence-corrected chi connectivity index (χ4v) is 5.06. The summed E-state index contributed by atoms with van der Waals surface area (Å²) >= 11 is 9.66. The van der Waals surface area contributed by atoms with Gasteiger partial charge in [0.15, 0.2) is 16.6 Å². The SMILES string of the molecule is CCCOc1c(I)cc(/C=N\NC(=O)c2ccc(-c3csc(Nc4ccc(Cl)cc4)n3)cc2)cc1OCC. The summed E-state index contributed by atoms with van der Waals surface area (Å²) in [5.74, 6) is 1.08. The van der Waals surface area contributed by atoms with Gasteiger partial charge < -0.3 is 14.8 Å². The summed E-state index contributed by atoms with van der Waals surface area (Å²) in [6.45, 7) is 5.12. The van der Waals surface area contributed by atoms with Crippen molar-refractivity contribution in [3.63, 3.8) is 0 Å². The van der Waals surface area contributed by atoms with E-state index < -0.39 is 0 Å². The molecule has 0 bridgehead atoms. The molecule has 1 aromatic heterocycles. The molecule has 0 spiro atoms. The van der Waals surface area contributed by atoms with Gasteiger partial charge >= 0.3 is 0 Å². The summed E-state index contributed by atoms with van der Waals surface area (Å²) in [6.07, 6.45) is 2.50. The van der Waals surface area contributed by atoms with Crippen LogP contribution < -0.4 is 20.2 Å². The molecule has 0 saturated heterocycles. The first-order valence-electron chi connectivity index (χ1n) is 12.0. The second-order valence-electron chi connectivity index (χ2n) is 8.06. The summed E-state index contributed by atoms with van der Waals surface area (Å²) in [4.78, 5) is 17.3. The first-order valence-corrected chi connectivity index (χ1v) is 14.3. The van der Waals surface area contributed by atoms with Crippen LogP contribution in [-0.4, -0.2) is 30.3 Å². The van der Waals surface area contributed by atoms with E-state index in [9.17, 15) is 4.79 Å². The minimum absolute atomic E-state index is 0.307. The normalized spacial score (nSPS) is 10.9. The van der Waals surface area contributed by atoms with Gasteiger partial charge in [-0.1, -0.05) is 30.7 Å². The average Bonchev–Trinajstić information content (AvgIpc) is 3.38. The van der Waals surface area contributed by atoms with Crippen molar-refractivity contribution in [2.45, 2.75) is 20.3 Å². The topological polar surface area (TPSA) is 84.8 Å². The van der Waals surface area contributed by atoms with E-state index in [-0.39, 0.29) is 5.91 Å². The van der Waals surface area contributed by atoms with E-state index >= 15 is 0 Å². The lowest BCUT2D eigenvalue weighted by atomic mass is 10.1. The Morgan fingerprint density at radius 2 is 1.87 bits per heavy atom. The predicted octanol–water partition coefficient (Wildman–Crippen LogP) is 7.76. The van der Waals surface area contributed by atoms with Gasteiger partial charge in [-0.2, -0.15) is 5.10 Å². The van der Waals surface area contributed by atoms with Crippen molar-refractivity contribution in [3.8, 4) is 22.8 Å². The number of ether oxygens (including phenoxy) is 2. The molecule has 0 atom stereocenters. The van der Waals surface area contributed by atoms with Crippen LogP contribution in [0.5, 0.6) is 11.5 Å². The van der Waals surface area contributed by atoms with Crippen LogP contribution >= 0.6 is 45.5 Å². The van der Waals surface area contributed by atoms with E-state index in [2.05, 4.69) is 50.3 Å². The molecule has 196 valence electrons. The molecule has 7 nitrogen and oxygen atoms in total. The van der Waals surface area contributed by atoms with E-state index in [0.717, 1.165) is 43.4 Å². The van der Waals surface area contributed by atoms with Gasteiger partial charge in [0.1, 0.15) is 0 Å². The molecule has 3 aromatic carbocycles. The van der Waals surface area contributed by atoms with Crippen LogP contribution in [-0.2, 0) is 0 Å². The first kappa shape index (κ1) is 27.9. The number of hydrogen-bond acceptors (Lipinski definition) is 7. The number of hydrogen-bond donors (Lipinski definition) is 2. The van der Waals surface area contributed by atoms with Crippen LogP contribution in [0.3, 0.4) is 0 Å². The summed E-state index contributed by atoms with van der Waals surface area (Å²) < 4.78 is 12.5. The number of rotatable bonds is 11. The number of halogens is 2. The van der Waals surface area contributed by atoms with E-state index in [4.69, 9.17) is 21.1 Å². The van der Waals surface area contributed by atoms with E-state index in [1.807, 2.05) is 60.8 Å². The largest absolute Gasteiger partial charge is 0.490 e. The maximum absolute atomic E-state index is 12.6. The summed E-state index contributed by atoms with van der Waals surface area (Å²) in [7, 11) is 0. The number of carbonyl (C=O) groups excluding carboxylic acids is 1. The van der Waals surface area contributed by atoms with Crippen molar-refractivity contribution in [2.75, 3.05) is 18.5 Å².